The quantitative estimate of drug-likeness (QED) is 0.815. The second-order valence-corrected chi connectivity index (χ2v) is 5.19. The Balaban J connectivity index is 1.81. The van der Waals surface area contributed by atoms with E-state index in [2.05, 4.69) is 19.1 Å². The number of aryl methyl sites for hydroxylation is 1. The molecule has 3 nitrogen and oxygen atoms in total. The van der Waals surface area contributed by atoms with Gasteiger partial charge in [-0.2, -0.15) is 0 Å². The molecule has 18 heavy (non-hydrogen) atoms. The monoisotopic (exact) mass is 249 g/mol. The van der Waals surface area contributed by atoms with Crippen LogP contribution in [-0.2, 0) is 17.9 Å². The van der Waals surface area contributed by atoms with Gasteiger partial charge in [0.1, 0.15) is 11.5 Å². The lowest BCUT2D eigenvalue weighted by Crippen LogP contribution is -2.19. The second kappa shape index (κ2) is 6.21. The third kappa shape index (κ3) is 3.24. The molecule has 1 aromatic heterocycles. The summed E-state index contributed by atoms with van der Waals surface area (Å²) >= 11 is 0. The average molecular weight is 249 g/mol. The van der Waals surface area contributed by atoms with Gasteiger partial charge >= 0.3 is 0 Å². The number of furan rings is 1. The number of rotatable bonds is 5. The van der Waals surface area contributed by atoms with Crippen molar-refractivity contribution in [2.24, 2.45) is 17.6 Å². The first-order chi connectivity index (χ1) is 8.70. The van der Waals surface area contributed by atoms with Crippen LogP contribution in [0, 0.1) is 18.8 Å². The molecule has 0 bridgehead atoms. The van der Waals surface area contributed by atoms with Crippen molar-refractivity contribution >= 4 is 0 Å². The Bertz CT molecular complexity index is 409. The molecule has 2 atom stereocenters. The summed E-state index contributed by atoms with van der Waals surface area (Å²) in [6.07, 6.45) is 6.86. The summed E-state index contributed by atoms with van der Waals surface area (Å²) < 4.78 is 11.3. The first kappa shape index (κ1) is 13.4. The predicted molar refractivity (Wildman–Crippen MR) is 72.0 cm³/mol. The van der Waals surface area contributed by atoms with Crippen molar-refractivity contribution in [3.8, 4) is 0 Å². The highest BCUT2D eigenvalue weighted by Gasteiger charge is 2.18. The van der Waals surface area contributed by atoms with Crippen LogP contribution in [0.2, 0.25) is 0 Å². The lowest BCUT2D eigenvalue weighted by atomic mass is 9.85. The summed E-state index contributed by atoms with van der Waals surface area (Å²) in [5.74, 6) is 3.13. The summed E-state index contributed by atoms with van der Waals surface area (Å²) in [5, 5.41) is 0. The molecule has 0 saturated carbocycles. The van der Waals surface area contributed by atoms with Crippen LogP contribution >= 0.6 is 0 Å². The summed E-state index contributed by atoms with van der Waals surface area (Å²) in [4.78, 5) is 0. The number of allylic oxidation sites excluding steroid dienone is 2. The molecule has 1 aromatic rings. The highest BCUT2D eigenvalue weighted by atomic mass is 16.5. The van der Waals surface area contributed by atoms with Crippen molar-refractivity contribution in [2.45, 2.75) is 39.8 Å². The van der Waals surface area contributed by atoms with Gasteiger partial charge in [0.25, 0.3) is 0 Å². The molecule has 0 spiro atoms. The van der Waals surface area contributed by atoms with Gasteiger partial charge < -0.3 is 14.9 Å². The van der Waals surface area contributed by atoms with Crippen LogP contribution in [0.15, 0.2) is 22.6 Å². The molecule has 2 rings (SSSR count). The van der Waals surface area contributed by atoms with E-state index in [0.717, 1.165) is 36.0 Å². The molecule has 0 amide bonds. The second-order valence-electron chi connectivity index (χ2n) is 5.19. The van der Waals surface area contributed by atoms with Gasteiger partial charge in [0.2, 0.25) is 0 Å². The third-order valence-electron chi connectivity index (χ3n) is 3.78. The third-order valence-corrected chi connectivity index (χ3v) is 3.78. The standard InChI is InChI=1S/C15H23NO2/c1-11-5-3-4-6-13(11)9-17-10-14-7-15(8-16)18-12(14)2/h3-4,7,11,13H,5-6,8-10,16H2,1-2H3. The zero-order valence-electron chi connectivity index (χ0n) is 11.3. The highest BCUT2D eigenvalue weighted by molar-refractivity contribution is 5.19. The zero-order chi connectivity index (χ0) is 13.0. The summed E-state index contributed by atoms with van der Waals surface area (Å²) in [5.41, 5.74) is 6.67. The Labute approximate surface area is 109 Å². The molecule has 0 fully saturated rings. The van der Waals surface area contributed by atoms with Crippen LogP contribution in [0.25, 0.3) is 0 Å². The van der Waals surface area contributed by atoms with E-state index in [-0.39, 0.29) is 0 Å². The normalized spacial score (nSPS) is 23.5. The number of hydrogen-bond donors (Lipinski definition) is 1. The van der Waals surface area contributed by atoms with E-state index in [1.54, 1.807) is 0 Å². The van der Waals surface area contributed by atoms with Crippen molar-refractivity contribution in [1.82, 2.24) is 0 Å². The van der Waals surface area contributed by atoms with Gasteiger partial charge in [0.05, 0.1) is 19.8 Å². The van der Waals surface area contributed by atoms with E-state index in [1.165, 1.54) is 6.42 Å². The Morgan fingerprint density at radius 2 is 2.17 bits per heavy atom. The average Bonchev–Trinajstić information content (AvgIpc) is 2.73. The van der Waals surface area contributed by atoms with Crippen molar-refractivity contribution in [2.75, 3.05) is 6.61 Å². The Hall–Kier alpha value is -1.06. The summed E-state index contributed by atoms with van der Waals surface area (Å²) in [7, 11) is 0. The fraction of sp³-hybridized carbons (Fsp3) is 0.600. The largest absolute Gasteiger partial charge is 0.465 e. The van der Waals surface area contributed by atoms with Crippen LogP contribution in [-0.4, -0.2) is 6.61 Å². The predicted octanol–water partition coefficient (Wildman–Crippen LogP) is 3.17. The maximum absolute atomic E-state index is 5.83. The van der Waals surface area contributed by atoms with Crippen molar-refractivity contribution in [3.63, 3.8) is 0 Å². The van der Waals surface area contributed by atoms with E-state index in [4.69, 9.17) is 14.9 Å². The minimum absolute atomic E-state index is 0.450. The van der Waals surface area contributed by atoms with Crippen molar-refractivity contribution < 1.29 is 9.15 Å². The van der Waals surface area contributed by atoms with Crippen LogP contribution in [0.5, 0.6) is 0 Å². The van der Waals surface area contributed by atoms with Crippen LogP contribution in [0.3, 0.4) is 0 Å². The molecule has 100 valence electrons. The number of nitrogens with two attached hydrogens (primary N) is 1. The first-order valence-corrected chi connectivity index (χ1v) is 6.71. The van der Waals surface area contributed by atoms with Gasteiger partial charge in [-0.25, -0.2) is 0 Å². The van der Waals surface area contributed by atoms with Gasteiger partial charge in [0, 0.05) is 5.56 Å². The Morgan fingerprint density at radius 3 is 2.83 bits per heavy atom. The molecule has 2 unspecified atom stereocenters. The maximum Gasteiger partial charge on any atom is 0.118 e. The first-order valence-electron chi connectivity index (χ1n) is 6.71. The molecule has 3 heteroatoms. The number of ether oxygens (including phenoxy) is 1. The van der Waals surface area contributed by atoms with Crippen molar-refractivity contribution in [3.05, 3.63) is 35.3 Å². The Morgan fingerprint density at radius 1 is 1.39 bits per heavy atom. The fourth-order valence-corrected chi connectivity index (χ4v) is 2.39. The Kier molecular flexibility index (Phi) is 4.61. The van der Waals surface area contributed by atoms with E-state index in [1.807, 2.05) is 13.0 Å². The van der Waals surface area contributed by atoms with Gasteiger partial charge in [-0.3, -0.25) is 0 Å². The molecular weight excluding hydrogens is 226 g/mol. The minimum Gasteiger partial charge on any atom is -0.465 e. The van der Waals surface area contributed by atoms with Crippen LogP contribution < -0.4 is 5.73 Å². The lowest BCUT2D eigenvalue weighted by molar-refractivity contribution is 0.0674. The molecular formula is C15H23NO2. The topological polar surface area (TPSA) is 48.4 Å². The fourth-order valence-electron chi connectivity index (χ4n) is 2.39. The van der Waals surface area contributed by atoms with Gasteiger partial charge in [0.15, 0.2) is 0 Å². The molecule has 0 saturated heterocycles. The van der Waals surface area contributed by atoms with E-state index in [0.29, 0.717) is 19.1 Å². The van der Waals surface area contributed by atoms with Gasteiger partial charge in [-0.15, -0.1) is 0 Å². The number of hydrogen-bond acceptors (Lipinski definition) is 3. The molecule has 1 aliphatic rings. The van der Waals surface area contributed by atoms with Crippen LogP contribution in [0.4, 0.5) is 0 Å². The van der Waals surface area contributed by atoms with E-state index in [9.17, 15) is 0 Å². The lowest BCUT2D eigenvalue weighted by Gasteiger charge is -2.24. The van der Waals surface area contributed by atoms with Crippen molar-refractivity contribution in [1.29, 1.82) is 0 Å². The van der Waals surface area contributed by atoms with Crippen LogP contribution in [0.1, 0.15) is 36.8 Å². The van der Waals surface area contributed by atoms with E-state index >= 15 is 0 Å². The SMILES string of the molecule is Cc1oc(CN)cc1COCC1CC=CCC1C. The molecule has 1 heterocycles. The minimum atomic E-state index is 0.450. The highest BCUT2D eigenvalue weighted by Crippen LogP contribution is 2.25. The van der Waals surface area contributed by atoms with Gasteiger partial charge in [-0.1, -0.05) is 19.1 Å². The molecule has 2 N–H and O–H groups in total. The zero-order valence-corrected chi connectivity index (χ0v) is 11.3. The summed E-state index contributed by atoms with van der Waals surface area (Å²) in [6.45, 7) is 6.17. The van der Waals surface area contributed by atoms with E-state index < -0.39 is 0 Å². The molecule has 0 aromatic carbocycles. The summed E-state index contributed by atoms with van der Waals surface area (Å²) in [6, 6.07) is 2.00. The smallest absolute Gasteiger partial charge is 0.118 e. The maximum atomic E-state index is 5.83. The van der Waals surface area contributed by atoms with Gasteiger partial charge in [-0.05, 0) is 37.7 Å². The molecule has 0 aliphatic heterocycles. The molecule has 1 aliphatic carbocycles. The molecule has 0 radical (unpaired) electrons.